The maximum absolute atomic E-state index is 6.80. The molecular formula is C21H29ClN10. The molecule has 5 N–H and O–H groups in total. The van der Waals surface area contributed by atoms with E-state index in [1.807, 2.05) is 32.4 Å². The van der Waals surface area contributed by atoms with Gasteiger partial charge in [-0.2, -0.15) is 0 Å². The van der Waals surface area contributed by atoms with E-state index in [1.54, 1.807) is 4.68 Å². The molecule has 5 rings (SSSR count). The van der Waals surface area contributed by atoms with Crippen LogP contribution in [0.1, 0.15) is 42.6 Å². The van der Waals surface area contributed by atoms with Crippen molar-refractivity contribution in [1.82, 2.24) is 35.5 Å². The lowest BCUT2D eigenvalue weighted by Gasteiger charge is -2.39. The maximum Gasteiger partial charge on any atom is 0.227 e. The van der Waals surface area contributed by atoms with Gasteiger partial charge in [0.05, 0.1) is 28.8 Å². The van der Waals surface area contributed by atoms with Crippen molar-refractivity contribution in [1.29, 1.82) is 0 Å². The number of rotatable bonds is 5. The largest absolute Gasteiger partial charge is 0.365 e. The van der Waals surface area contributed by atoms with Crippen LogP contribution in [-0.4, -0.2) is 56.8 Å². The molecule has 4 heterocycles. The third-order valence-electron chi connectivity index (χ3n) is 6.09. The summed E-state index contributed by atoms with van der Waals surface area (Å²) in [5.74, 6) is 0.587. The molecule has 32 heavy (non-hydrogen) atoms. The molecule has 2 aromatic heterocycles. The van der Waals surface area contributed by atoms with Crippen molar-refractivity contribution in [2.24, 2.45) is 17.8 Å². The summed E-state index contributed by atoms with van der Waals surface area (Å²) in [6, 6.07) is 2.36. The highest BCUT2D eigenvalue weighted by atomic mass is 35.5. The van der Waals surface area contributed by atoms with Crippen LogP contribution in [0.3, 0.4) is 0 Å². The fourth-order valence-corrected chi connectivity index (χ4v) is 4.48. The topological polar surface area (TPSA) is 121 Å². The number of hydrogen-bond acceptors (Lipinski definition) is 9. The first kappa shape index (κ1) is 21.2. The Balaban J connectivity index is 1.51. The number of nitrogens with two attached hydrogens (primary N) is 1. The normalized spacial score (nSPS) is 25.8. The van der Waals surface area contributed by atoms with Crippen LogP contribution in [0.5, 0.6) is 0 Å². The Morgan fingerprint density at radius 1 is 1.34 bits per heavy atom. The zero-order valence-corrected chi connectivity index (χ0v) is 19.3. The van der Waals surface area contributed by atoms with E-state index in [2.05, 4.69) is 38.1 Å². The van der Waals surface area contributed by atoms with Crippen molar-refractivity contribution >= 4 is 23.6 Å². The quantitative estimate of drug-likeness (QED) is 0.532. The summed E-state index contributed by atoms with van der Waals surface area (Å²) in [4.78, 5) is 11.7. The molecular weight excluding hydrogens is 428 g/mol. The van der Waals surface area contributed by atoms with Crippen LogP contribution in [0.4, 0.5) is 5.82 Å². The molecule has 1 saturated heterocycles. The molecule has 11 heteroatoms. The molecule has 3 aliphatic rings. The van der Waals surface area contributed by atoms with Crippen LogP contribution in [-0.2, 0) is 12.8 Å². The second-order valence-electron chi connectivity index (χ2n) is 8.88. The van der Waals surface area contributed by atoms with Gasteiger partial charge in [-0.15, -0.1) is 5.10 Å². The van der Waals surface area contributed by atoms with Crippen molar-refractivity contribution in [3.05, 3.63) is 45.8 Å². The number of anilines is 1. The standard InChI is InChI=1S/C21H29ClN10/c1-12-10-32(7-6-24-12)16-9-25-21(23,28-20(16)27-18-11-31(3)30-29-18)17-8-15(14-4-5-14)19(22)13(2)26-17/h8-9,11-12,14,24,27-28H,4-7,10,23H2,1-3H3. The van der Waals surface area contributed by atoms with Crippen molar-refractivity contribution in [2.75, 3.05) is 25.0 Å². The number of aryl methyl sites for hydroxylation is 2. The van der Waals surface area contributed by atoms with Gasteiger partial charge >= 0.3 is 0 Å². The lowest BCUT2D eigenvalue weighted by Crippen LogP contribution is -2.56. The van der Waals surface area contributed by atoms with E-state index in [4.69, 9.17) is 27.3 Å². The molecule has 0 aromatic carbocycles. The highest BCUT2D eigenvalue weighted by Gasteiger charge is 2.37. The number of piperazine rings is 1. The molecule has 0 spiro atoms. The van der Waals surface area contributed by atoms with Crippen molar-refractivity contribution < 1.29 is 0 Å². The van der Waals surface area contributed by atoms with Crippen LogP contribution in [0, 0.1) is 6.92 Å². The average Bonchev–Trinajstić information content (AvgIpc) is 3.52. The van der Waals surface area contributed by atoms with Gasteiger partial charge in [-0.25, -0.2) is 4.99 Å². The SMILES string of the molecule is Cc1nc(C2(N)N=CC(N3CCNC(C)C3)=C(Nc3cn(C)nn3)N2)cc(C2CC2)c1Cl. The Morgan fingerprint density at radius 2 is 2.16 bits per heavy atom. The number of hydrogen-bond donors (Lipinski definition) is 4. The van der Waals surface area contributed by atoms with Gasteiger partial charge in [-0.1, -0.05) is 16.8 Å². The Hall–Kier alpha value is -2.69. The van der Waals surface area contributed by atoms with Crippen molar-refractivity contribution in [3.63, 3.8) is 0 Å². The minimum absolute atomic E-state index is 0.369. The predicted molar refractivity (Wildman–Crippen MR) is 124 cm³/mol. The predicted octanol–water partition coefficient (Wildman–Crippen LogP) is 1.37. The van der Waals surface area contributed by atoms with Gasteiger partial charge in [0.2, 0.25) is 5.79 Å². The maximum atomic E-state index is 6.80. The van der Waals surface area contributed by atoms with E-state index in [1.165, 1.54) is 0 Å². The molecule has 2 aliphatic heterocycles. The van der Waals surface area contributed by atoms with Gasteiger partial charge in [0, 0.05) is 32.7 Å². The summed E-state index contributed by atoms with van der Waals surface area (Å²) in [7, 11) is 1.83. The lowest BCUT2D eigenvalue weighted by molar-refractivity contribution is 0.257. The zero-order valence-electron chi connectivity index (χ0n) is 18.6. The van der Waals surface area contributed by atoms with Crippen LogP contribution in [0.15, 0.2) is 28.8 Å². The zero-order chi connectivity index (χ0) is 22.5. The van der Waals surface area contributed by atoms with Gasteiger partial charge in [0.15, 0.2) is 5.82 Å². The van der Waals surface area contributed by atoms with Crippen LogP contribution >= 0.6 is 11.6 Å². The summed E-state index contributed by atoms with van der Waals surface area (Å²) in [5.41, 5.74) is 10.2. The van der Waals surface area contributed by atoms with Crippen LogP contribution < -0.4 is 21.7 Å². The third kappa shape index (κ3) is 4.05. The first-order chi connectivity index (χ1) is 15.3. The summed E-state index contributed by atoms with van der Waals surface area (Å²) in [5, 5.41) is 19.2. The number of nitrogens with one attached hydrogen (secondary N) is 3. The van der Waals surface area contributed by atoms with Gasteiger partial charge < -0.3 is 20.9 Å². The molecule has 2 atom stereocenters. The van der Waals surface area contributed by atoms with E-state index in [0.29, 0.717) is 23.5 Å². The highest BCUT2D eigenvalue weighted by Crippen LogP contribution is 2.44. The first-order valence-corrected chi connectivity index (χ1v) is 11.4. The monoisotopic (exact) mass is 456 g/mol. The minimum atomic E-state index is -1.23. The van der Waals surface area contributed by atoms with Crippen LogP contribution in [0.2, 0.25) is 5.02 Å². The molecule has 10 nitrogen and oxygen atoms in total. The van der Waals surface area contributed by atoms with Gasteiger partial charge in [-0.3, -0.25) is 15.4 Å². The first-order valence-electron chi connectivity index (χ1n) is 11.0. The molecule has 0 radical (unpaired) electrons. The lowest BCUT2D eigenvalue weighted by atomic mass is 10.1. The highest BCUT2D eigenvalue weighted by molar-refractivity contribution is 6.32. The average molecular weight is 457 g/mol. The van der Waals surface area contributed by atoms with E-state index in [-0.39, 0.29) is 0 Å². The van der Waals surface area contributed by atoms with E-state index >= 15 is 0 Å². The number of pyridine rings is 1. The summed E-state index contributed by atoms with van der Waals surface area (Å²) in [6.45, 7) is 6.70. The fourth-order valence-electron chi connectivity index (χ4n) is 4.23. The minimum Gasteiger partial charge on any atom is -0.365 e. The Kier molecular flexibility index (Phi) is 5.31. The molecule has 170 valence electrons. The van der Waals surface area contributed by atoms with E-state index < -0.39 is 5.79 Å². The Bertz CT molecular complexity index is 1090. The van der Waals surface area contributed by atoms with Crippen molar-refractivity contribution in [3.8, 4) is 0 Å². The number of aromatic nitrogens is 4. The third-order valence-corrected chi connectivity index (χ3v) is 6.58. The van der Waals surface area contributed by atoms with Crippen molar-refractivity contribution in [2.45, 2.75) is 44.4 Å². The second-order valence-corrected chi connectivity index (χ2v) is 9.26. The molecule has 0 amide bonds. The van der Waals surface area contributed by atoms with Gasteiger partial charge in [0.1, 0.15) is 11.5 Å². The smallest absolute Gasteiger partial charge is 0.227 e. The second kappa shape index (κ2) is 8.02. The summed E-state index contributed by atoms with van der Waals surface area (Å²) in [6.07, 6.45) is 5.92. The Labute approximate surface area is 192 Å². The fraction of sp³-hybridized carbons (Fsp3) is 0.524. The molecule has 2 fully saturated rings. The molecule has 2 unspecified atom stereocenters. The Morgan fingerprint density at radius 3 is 2.84 bits per heavy atom. The number of aliphatic imine (C=N–C) groups is 1. The molecule has 1 aliphatic carbocycles. The van der Waals surface area contributed by atoms with Crippen LogP contribution in [0.25, 0.3) is 0 Å². The number of allylic oxidation sites excluding steroid dienone is 1. The molecule has 1 saturated carbocycles. The summed E-state index contributed by atoms with van der Waals surface area (Å²) >= 11 is 6.55. The number of nitrogens with zero attached hydrogens (tertiary/aromatic N) is 6. The number of halogens is 1. The molecule has 0 bridgehead atoms. The van der Waals surface area contributed by atoms with E-state index in [9.17, 15) is 0 Å². The summed E-state index contributed by atoms with van der Waals surface area (Å²) < 4.78 is 1.65. The van der Waals surface area contributed by atoms with Gasteiger partial charge in [-0.05, 0) is 44.2 Å². The molecule has 2 aromatic rings. The van der Waals surface area contributed by atoms with E-state index in [0.717, 1.165) is 60.3 Å². The van der Waals surface area contributed by atoms with Gasteiger partial charge in [0.25, 0.3) is 0 Å².